The van der Waals surface area contributed by atoms with Gasteiger partial charge in [-0.1, -0.05) is 12.1 Å². The highest BCUT2D eigenvalue weighted by Crippen LogP contribution is 2.26. The summed E-state index contributed by atoms with van der Waals surface area (Å²) in [6, 6.07) is 6.77. The average molecular weight is 311 g/mol. The minimum absolute atomic E-state index is 0.0619. The van der Waals surface area contributed by atoms with Gasteiger partial charge in [-0.25, -0.2) is 18.1 Å². The van der Waals surface area contributed by atoms with Crippen molar-refractivity contribution in [2.45, 2.75) is 24.8 Å². The zero-order chi connectivity index (χ0) is 14.8. The van der Waals surface area contributed by atoms with Crippen molar-refractivity contribution in [2.75, 3.05) is 12.4 Å². The van der Waals surface area contributed by atoms with Crippen LogP contribution in [-0.4, -0.2) is 20.4 Å². The number of hydrogen-bond donors (Lipinski definition) is 2. The second-order valence-corrected chi connectivity index (χ2v) is 7.28. The first-order valence-electron chi connectivity index (χ1n) is 6.15. The van der Waals surface area contributed by atoms with Crippen molar-refractivity contribution in [1.29, 1.82) is 0 Å². The van der Waals surface area contributed by atoms with E-state index < -0.39 is 10.0 Å². The number of para-hydroxylation sites is 1. The van der Waals surface area contributed by atoms with Crippen molar-refractivity contribution in [3.05, 3.63) is 40.3 Å². The molecule has 0 fully saturated rings. The molecule has 0 radical (unpaired) electrons. The van der Waals surface area contributed by atoms with Crippen molar-refractivity contribution in [3.63, 3.8) is 0 Å². The van der Waals surface area contributed by atoms with Gasteiger partial charge in [-0.05, 0) is 33.0 Å². The molecular formula is C13H17N3O2S2. The Bertz CT molecular complexity index is 695. The zero-order valence-electron chi connectivity index (χ0n) is 11.5. The molecule has 2 rings (SSSR count). The first-order chi connectivity index (χ1) is 9.44. The van der Waals surface area contributed by atoms with Crippen molar-refractivity contribution in [2.24, 2.45) is 0 Å². The normalized spacial score (nSPS) is 13.2. The van der Waals surface area contributed by atoms with Crippen molar-refractivity contribution >= 4 is 27.0 Å². The van der Waals surface area contributed by atoms with Crippen molar-refractivity contribution in [1.82, 2.24) is 9.71 Å². The predicted molar refractivity (Wildman–Crippen MR) is 81.6 cm³/mol. The Morgan fingerprint density at radius 3 is 2.60 bits per heavy atom. The number of hydrogen-bond acceptors (Lipinski definition) is 5. The summed E-state index contributed by atoms with van der Waals surface area (Å²) in [5, 5.41) is 6.17. The molecule has 1 aromatic heterocycles. The van der Waals surface area contributed by atoms with E-state index in [0.29, 0.717) is 5.69 Å². The molecule has 0 saturated carbocycles. The first kappa shape index (κ1) is 15.0. The lowest BCUT2D eigenvalue weighted by Gasteiger charge is -2.16. The molecule has 0 saturated heterocycles. The molecule has 0 aliphatic carbocycles. The Labute approximate surface area is 123 Å². The van der Waals surface area contributed by atoms with Crippen LogP contribution in [0.3, 0.4) is 0 Å². The maximum absolute atomic E-state index is 12.0. The molecule has 1 unspecified atom stereocenters. The highest BCUT2D eigenvalue weighted by Gasteiger charge is 2.18. The third-order valence-electron chi connectivity index (χ3n) is 2.90. The van der Waals surface area contributed by atoms with E-state index in [1.165, 1.54) is 7.05 Å². The minimum Gasteiger partial charge on any atom is -0.376 e. The van der Waals surface area contributed by atoms with Crippen molar-refractivity contribution in [3.8, 4) is 0 Å². The Hall–Kier alpha value is -1.44. The van der Waals surface area contributed by atoms with Gasteiger partial charge in [0.1, 0.15) is 4.90 Å². The monoisotopic (exact) mass is 311 g/mol. The van der Waals surface area contributed by atoms with Crippen LogP contribution in [0.25, 0.3) is 0 Å². The molecule has 2 aromatic rings. The van der Waals surface area contributed by atoms with E-state index in [-0.39, 0.29) is 10.9 Å². The number of aryl methyl sites for hydroxylation is 1. The van der Waals surface area contributed by atoms with E-state index in [1.54, 1.807) is 35.6 Å². The molecule has 7 heteroatoms. The quantitative estimate of drug-likeness (QED) is 0.890. The summed E-state index contributed by atoms with van der Waals surface area (Å²) in [6.45, 7) is 3.90. The molecule has 1 atom stereocenters. The molecule has 0 aliphatic rings. The van der Waals surface area contributed by atoms with Gasteiger partial charge in [-0.15, -0.1) is 11.3 Å². The molecule has 20 heavy (non-hydrogen) atoms. The largest absolute Gasteiger partial charge is 0.376 e. The standard InChI is InChI=1S/C13H17N3O2S2/c1-9(12-8-19-10(2)16-12)15-11-6-4-5-7-13(11)20(17,18)14-3/h4-9,14-15H,1-3H3. The molecule has 5 nitrogen and oxygen atoms in total. The van der Waals surface area contributed by atoms with Crippen LogP contribution in [0.15, 0.2) is 34.5 Å². The van der Waals surface area contributed by atoms with E-state index in [0.717, 1.165) is 10.7 Å². The highest BCUT2D eigenvalue weighted by atomic mass is 32.2. The maximum Gasteiger partial charge on any atom is 0.242 e. The van der Waals surface area contributed by atoms with Crippen LogP contribution < -0.4 is 10.0 Å². The van der Waals surface area contributed by atoms with Crippen molar-refractivity contribution < 1.29 is 8.42 Å². The van der Waals surface area contributed by atoms with E-state index in [4.69, 9.17) is 0 Å². The Morgan fingerprint density at radius 1 is 1.30 bits per heavy atom. The molecule has 1 aromatic carbocycles. The van der Waals surface area contributed by atoms with E-state index in [9.17, 15) is 8.42 Å². The van der Waals surface area contributed by atoms with Gasteiger partial charge in [0.05, 0.1) is 22.4 Å². The maximum atomic E-state index is 12.0. The SMILES string of the molecule is CNS(=O)(=O)c1ccccc1NC(C)c1csc(C)n1. The Balaban J connectivity index is 2.30. The summed E-state index contributed by atoms with van der Waals surface area (Å²) in [4.78, 5) is 4.65. The van der Waals surface area contributed by atoms with Gasteiger partial charge < -0.3 is 5.32 Å². The lowest BCUT2D eigenvalue weighted by Crippen LogP contribution is -2.20. The summed E-state index contributed by atoms with van der Waals surface area (Å²) in [5.74, 6) is 0. The van der Waals surface area contributed by atoms with Gasteiger partial charge in [0.15, 0.2) is 0 Å². The van der Waals surface area contributed by atoms with Crippen LogP contribution in [-0.2, 0) is 10.0 Å². The molecule has 108 valence electrons. The lowest BCUT2D eigenvalue weighted by atomic mass is 10.2. The van der Waals surface area contributed by atoms with Gasteiger partial charge in [0, 0.05) is 5.38 Å². The average Bonchev–Trinajstić information content (AvgIpc) is 2.86. The molecule has 0 spiro atoms. The van der Waals surface area contributed by atoms with Crippen LogP contribution >= 0.6 is 11.3 Å². The number of sulfonamides is 1. The summed E-state index contributed by atoms with van der Waals surface area (Å²) in [5.41, 5.74) is 1.48. The number of nitrogens with zero attached hydrogens (tertiary/aromatic N) is 1. The van der Waals surface area contributed by atoms with Crippen LogP contribution in [0.1, 0.15) is 23.7 Å². The third-order valence-corrected chi connectivity index (χ3v) is 5.16. The van der Waals surface area contributed by atoms with Gasteiger partial charge >= 0.3 is 0 Å². The third kappa shape index (κ3) is 3.17. The number of thiazole rings is 1. The first-order valence-corrected chi connectivity index (χ1v) is 8.51. The Kier molecular flexibility index (Phi) is 4.42. The van der Waals surface area contributed by atoms with Gasteiger partial charge in [-0.3, -0.25) is 0 Å². The fraction of sp³-hybridized carbons (Fsp3) is 0.308. The molecule has 0 bridgehead atoms. The zero-order valence-corrected chi connectivity index (χ0v) is 13.2. The molecule has 0 aliphatic heterocycles. The summed E-state index contributed by atoms with van der Waals surface area (Å²) in [6.07, 6.45) is 0. The van der Waals surface area contributed by atoms with E-state index in [1.807, 2.05) is 19.2 Å². The number of anilines is 1. The number of rotatable bonds is 5. The lowest BCUT2D eigenvalue weighted by molar-refractivity contribution is 0.588. The molecule has 0 amide bonds. The van der Waals surface area contributed by atoms with E-state index in [2.05, 4.69) is 15.0 Å². The molecular weight excluding hydrogens is 294 g/mol. The smallest absolute Gasteiger partial charge is 0.242 e. The summed E-state index contributed by atoms with van der Waals surface area (Å²) >= 11 is 1.58. The fourth-order valence-electron chi connectivity index (χ4n) is 1.82. The second kappa shape index (κ2) is 5.90. The second-order valence-electron chi connectivity index (χ2n) is 4.36. The Morgan fingerprint density at radius 2 is 2.00 bits per heavy atom. The predicted octanol–water partition coefficient (Wildman–Crippen LogP) is 2.53. The number of nitrogens with one attached hydrogen (secondary N) is 2. The van der Waals surface area contributed by atoms with Crippen LogP contribution in [0.4, 0.5) is 5.69 Å². The minimum atomic E-state index is -3.48. The van der Waals surface area contributed by atoms with Crippen LogP contribution in [0.5, 0.6) is 0 Å². The molecule has 1 heterocycles. The summed E-state index contributed by atoms with van der Waals surface area (Å²) in [7, 11) is -2.08. The number of aromatic nitrogens is 1. The van der Waals surface area contributed by atoms with Crippen LogP contribution in [0.2, 0.25) is 0 Å². The molecule has 2 N–H and O–H groups in total. The summed E-state index contributed by atoms with van der Waals surface area (Å²) < 4.78 is 26.3. The topological polar surface area (TPSA) is 71.1 Å². The van der Waals surface area contributed by atoms with Gasteiger partial charge in [0.2, 0.25) is 10.0 Å². The number of benzene rings is 1. The van der Waals surface area contributed by atoms with E-state index >= 15 is 0 Å². The van der Waals surface area contributed by atoms with Crippen LogP contribution in [0, 0.1) is 6.92 Å². The van der Waals surface area contributed by atoms with Gasteiger partial charge in [0.25, 0.3) is 0 Å². The van der Waals surface area contributed by atoms with Gasteiger partial charge in [-0.2, -0.15) is 0 Å². The fourth-order valence-corrected chi connectivity index (χ4v) is 3.42. The highest BCUT2D eigenvalue weighted by molar-refractivity contribution is 7.89.